The van der Waals surface area contributed by atoms with Crippen LogP contribution in [0.4, 0.5) is 13.2 Å². The molecule has 1 amide bonds. The Morgan fingerprint density at radius 2 is 1.82 bits per heavy atom. The van der Waals surface area contributed by atoms with E-state index in [1.54, 1.807) is 20.8 Å². The highest BCUT2D eigenvalue weighted by Gasteiger charge is 2.33. The summed E-state index contributed by atoms with van der Waals surface area (Å²) in [6.07, 6.45) is -2.75. The van der Waals surface area contributed by atoms with Crippen molar-refractivity contribution >= 4 is 5.91 Å². The van der Waals surface area contributed by atoms with Crippen molar-refractivity contribution in [3.8, 4) is 5.75 Å². The van der Waals surface area contributed by atoms with E-state index >= 15 is 0 Å². The number of amides is 1. The second-order valence-electron chi connectivity index (χ2n) is 10.7. The number of alkyl halides is 3. The van der Waals surface area contributed by atoms with Crippen molar-refractivity contribution in [3.05, 3.63) is 46.6 Å². The number of nitrogens with zero attached hydrogens (tertiary/aromatic N) is 3. The molecule has 2 aromatic rings. The maximum Gasteiger partial charge on any atom is 0.416 e. The Bertz CT molecular complexity index is 1110. The lowest BCUT2D eigenvalue weighted by Gasteiger charge is -2.23. The number of ether oxygens (including phenoxy) is 2. The van der Waals surface area contributed by atoms with Crippen molar-refractivity contribution in [2.45, 2.75) is 84.2 Å². The van der Waals surface area contributed by atoms with E-state index < -0.39 is 23.2 Å². The number of carbonyl (C=O) groups is 1. The van der Waals surface area contributed by atoms with Crippen molar-refractivity contribution < 1.29 is 27.4 Å². The van der Waals surface area contributed by atoms with Gasteiger partial charge in [-0.2, -0.15) is 18.2 Å². The second kappa shape index (κ2) is 9.24. The lowest BCUT2D eigenvalue weighted by atomic mass is 9.92. The van der Waals surface area contributed by atoms with Crippen molar-refractivity contribution in [1.29, 1.82) is 0 Å². The van der Waals surface area contributed by atoms with Gasteiger partial charge in [0, 0.05) is 30.8 Å². The van der Waals surface area contributed by atoms with E-state index in [1.165, 1.54) is 6.07 Å². The molecule has 0 aliphatic carbocycles. The zero-order chi connectivity index (χ0) is 25.5. The smallest absolute Gasteiger partial charge is 0.416 e. The molecule has 1 aliphatic heterocycles. The van der Waals surface area contributed by atoms with Gasteiger partial charge in [0.15, 0.2) is 5.49 Å². The quantitative estimate of drug-likeness (QED) is 0.600. The normalized spacial score (nSPS) is 17.9. The van der Waals surface area contributed by atoms with E-state index in [4.69, 9.17) is 9.47 Å². The summed E-state index contributed by atoms with van der Waals surface area (Å²) < 4.78 is 55.6. The summed E-state index contributed by atoms with van der Waals surface area (Å²) >= 11 is 0. The minimum atomic E-state index is -4.60. The van der Waals surface area contributed by atoms with Crippen LogP contribution in [0.25, 0.3) is 0 Å². The average molecular weight is 482 g/mol. The van der Waals surface area contributed by atoms with E-state index in [9.17, 15) is 18.0 Å². The Morgan fingerprint density at radius 1 is 1.15 bits per heavy atom. The van der Waals surface area contributed by atoms with Crippen LogP contribution in [0, 0.1) is 0 Å². The number of hydrogen-bond donors (Lipinski definition) is 0. The molecule has 0 bridgehead atoms. The highest BCUT2D eigenvalue weighted by atomic mass is 19.4. The van der Waals surface area contributed by atoms with Crippen LogP contribution in [0.15, 0.2) is 29.3 Å². The molecule has 1 atom stereocenters. The number of carbonyl (C=O) groups excluding carboxylic acids is 1. The third-order valence-electron chi connectivity index (χ3n) is 5.58. The fourth-order valence-electron chi connectivity index (χ4n) is 4.02. The van der Waals surface area contributed by atoms with E-state index in [0.29, 0.717) is 18.6 Å². The summed E-state index contributed by atoms with van der Waals surface area (Å²) in [5, 5.41) is 0. The molecule has 1 aromatic carbocycles. The topological polar surface area (TPSA) is 57.8 Å². The summed E-state index contributed by atoms with van der Waals surface area (Å²) in [7, 11) is 1.89. The second-order valence-corrected chi connectivity index (χ2v) is 10.7. The first kappa shape index (κ1) is 26.1. The molecule has 6 nitrogen and oxygen atoms in total. The van der Waals surface area contributed by atoms with Gasteiger partial charge in [-0.25, -0.2) is 0 Å². The van der Waals surface area contributed by atoms with Crippen molar-refractivity contribution in [2.24, 2.45) is 12.0 Å². The number of rotatable bonds is 4. The third kappa shape index (κ3) is 6.11. The minimum Gasteiger partial charge on any atom is -0.487 e. The number of aromatic nitrogens is 2. The molecular weight excluding hydrogens is 447 g/mol. The first-order chi connectivity index (χ1) is 15.6. The van der Waals surface area contributed by atoms with Gasteiger partial charge in [-0.15, -0.1) is 0 Å². The van der Waals surface area contributed by atoms with Crippen LogP contribution >= 0.6 is 0 Å². The lowest BCUT2D eigenvalue weighted by molar-refractivity contribution is -0.137. The maximum absolute atomic E-state index is 13.4. The van der Waals surface area contributed by atoms with Crippen LogP contribution in [0.5, 0.6) is 5.75 Å². The summed E-state index contributed by atoms with van der Waals surface area (Å²) in [4.78, 5) is 17.6. The largest absolute Gasteiger partial charge is 0.487 e. The Balaban J connectivity index is 2.14. The molecule has 3 rings (SSSR count). The van der Waals surface area contributed by atoms with Crippen molar-refractivity contribution in [1.82, 2.24) is 9.36 Å². The van der Waals surface area contributed by atoms with Gasteiger partial charge in [-0.05, 0) is 51.8 Å². The zero-order valence-corrected chi connectivity index (χ0v) is 20.9. The van der Waals surface area contributed by atoms with E-state index in [2.05, 4.69) is 4.99 Å². The first-order valence-electron chi connectivity index (χ1n) is 11.4. The van der Waals surface area contributed by atoms with E-state index in [1.807, 2.05) is 43.2 Å². The Kier molecular flexibility index (Phi) is 7.09. The molecule has 9 heteroatoms. The van der Waals surface area contributed by atoms with E-state index in [-0.39, 0.29) is 22.8 Å². The van der Waals surface area contributed by atoms with Gasteiger partial charge in [-0.3, -0.25) is 14.2 Å². The molecule has 1 saturated heterocycles. The third-order valence-corrected chi connectivity index (χ3v) is 5.58. The summed E-state index contributed by atoms with van der Waals surface area (Å²) in [6.45, 7) is 12.6. The fourth-order valence-corrected chi connectivity index (χ4v) is 4.02. The Morgan fingerprint density at radius 3 is 2.35 bits per heavy atom. The molecular formula is C25H34F3N3O3. The zero-order valence-electron chi connectivity index (χ0n) is 20.9. The van der Waals surface area contributed by atoms with Gasteiger partial charge in [-0.1, -0.05) is 20.8 Å². The maximum atomic E-state index is 13.4. The van der Waals surface area contributed by atoms with Gasteiger partial charge in [0.2, 0.25) is 0 Å². The highest BCUT2D eigenvalue weighted by Crippen LogP contribution is 2.34. The number of halogens is 3. The minimum absolute atomic E-state index is 0.0104. The molecule has 0 spiro atoms. The van der Waals surface area contributed by atoms with Crippen LogP contribution in [0.2, 0.25) is 0 Å². The van der Waals surface area contributed by atoms with Gasteiger partial charge in [0.1, 0.15) is 11.4 Å². The average Bonchev–Trinajstić information content (AvgIpc) is 3.29. The van der Waals surface area contributed by atoms with Crippen LogP contribution < -0.4 is 10.2 Å². The van der Waals surface area contributed by atoms with Crippen LogP contribution in [-0.4, -0.2) is 33.6 Å². The van der Waals surface area contributed by atoms with Gasteiger partial charge in [0.05, 0.1) is 23.8 Å². The molecule has 34 heavy (non-hydrogen) atoms. The molecule has 188 valence electrons. The van der Waals surface area contributed by atoms with Crippen molar-refractivity contribution in [3.63, 3.8) is 0 Å². The Hall–Kier alpha value is -2.55. The van der Waals surface area contributed by atoms with Crippen LogP contribution in [0.3, 0.4) is 0 Å². The molecule has 0 saturated carbocycles. The molecule has 1 fully saturated rings. The van der Waals surface area contributed by atoms with E-state index in [0.717, 1.165) is 30.7 Å². The standard InChI is InChI=1S/C25H34F3N3O3/c1-23(2,3)20-14-21(31(30(20)7)15-17-9-8-12-33-17)29-22(32)18-13-16(25(26,27)28)10-11-19(18)34-24(4,5)6/h10-11,13-14,17H,8-9,12,15H2,1-7H3/t17-/m1/s1. The summed E-state index contributed by atoms with van der Waals surface area (Å²) in [6, 6.07) is 4.72. The first-order valence-corrected chi connectivity index (χ1v) is 11.4. The molecule has 0 radical (unpaired) electrons. The van der Waals surface area contributed by atoms with Crippen LogP contribution in [-0.2, 0) is 29.9 Å². The predicted octanol–water partition coefficient (Wildman–Crippen LogP) is 5.24. The molecule has 0 unspecified atom stereocenters. The summed E-state index contributed by atoms with van der Waals surface area (Å²) in [5.41, 5.74) is -0.793. The molecule has 1 aromatic heterocycles. The fraction of sp³-hybridized carbons (Fsp3) is 0.600. The predicted molar refractivity (Wildman–Crippen MR) is 123 cm³/mol. The number of hydrogen-bond acceptors (Lipinski definition) is 3. The SMILES string of the molecule is Cn1c(C(C)(C)C)cc(=NC(=O)c2cc(C(F)(F)F)ccc2OC(C)(C)C)n1C[C@H]1CCCO1. The molecule has 2 heterocycles. The van der Waals surface area contributed by atoms with Gasteiger partial charge < -0.3 is 9.47 Å². The van der Waals surface area contributed by atoms with Crippen molar-refractivity contribution in [2.75, 3.05) is 6.61 Å². The Labute approximate surface area is 198 Å². The summed E-state index contributed by atoms with van der Waals surface area (Å²) in [5.74, 6) is -0.732. The van der Waals surface area contributed by atoms with Crippen LogP contribution in [0.1, 0.15) is 76.0 Å². The molecule has 1 aliphatic rings. The number of benzene rings is 1. The van der Waals surface area contributed by atoms with Gasteiger partial charge in [0.25, 0.3) is 5.91 Å². The monoisotopic (exact) mass is 481 g/mol. The molecule has 0 N–H and O–H groups in total. The van der Waals surface area contributed by atoms with Gasteiger partial charge >= 0.3 is 6.18 Å². The lowest BCUT2D eigenvalue weighted by Crippen LogP contribution is -2.30. The highest BCUT2D eigenvalue weighted by molar-refractivity contribution is 5.97.